The highest BCUT2D eigenvalue weighted by atomic mass is 79.9. The Bertz CT molecular complexity index is 860. The zero-order valence-corrected chi connectivity index (χ0v) is 13.9. The number of rotatable bonds is 3. The first-order chi connectivity index (χ1) is 11.6. The van der Waals surface area contributed by atoms with Gasteiger partial charge in [0.05, 0.1) is 0 Å². The van der Waals surface area contributed by atoms with Crippen molar-refractivity contribution in [3.8, 4) is 11.3 Å². The van der Waals surface area contributed by atoms with E-state index in [1.54, 1.807) is 24.3 Å². The van der Waals surface area contributed by atoms with Crippen LogP contribution in [0.4, 0.5) is 0 Å². The summed E-state index contributed by atoms with van der Waals surface area (Å²) in [4.78, 5) is 24.0. The van der Waals surface area contributed by atoms with E-state index in [0.29, 0.717) is 11.3 Å². The molecule has 6 nitrogen and oxygen atoms in total. The van der Waals surface area contributed by atoms with Crippen molar-refractivity contribution >= 4 is 27.7 Å². The molecule has 2 amide bonds. The first-order valence-corrected chi connectivity index (χ1v) is 7.81. The van der Waals surface area contributed by atoms with Crippen molar-refractivity contribution in [1.29, 1.82) is 0 Å². The predicted molar refractivity (Wildman–Crippen MR) is 91.0 cm³/mol. The molecule has 2 N–H and O–H groups in total. The minimum atomic E-state index is -0.564. The van der Waals surface area contributed by atoms with Crippen LogP contribution in [-0.4, -0.2) is 17.0 Å². The van der Waals surface area contributed by atoms with Gasteiger partial charge in [-0.25, -0.2) is 0 Å². The van der Waals surface area contributed by atoms with Gasteiger partial charge in [-0.05, 0) is 24.3 Å². The summed E-state index contributed by atoms with van der Waals surface area (Å²) >= 11 is 3.29. The number of halogens is 1. The molecule has 0 saturated heterocycles. The minimum absolute atomic E-state index is 0.0740. The van der Waals surface area contributed by atoms with E-state index >= 15 is 0 Å². The zero-order valence-electron chi connectivity index (χ0n) is 12.3. The van der Waals surface area contributed by atoms with Crippen LogP contribution < -0.4 is 10.9 Å². The summed E-state index contributed by atoms with van der Waals surface area (Å²) in [5, 5.41) is 3.71. The SMILES string of the molecule is O=C(NNC(=O)c1cc(-c2ccccc2)on1)c1ccc(Br)cc1. The third-order valence-corrected chi connectivity index (χ3v) is 3.73. The van der Waals surface area contributed by atoms with E-state index in [1.807, 2.05) is 30.3 Å². The third kappa shape index (κ3) is 3.69. The van der Waals surface area contributed by atoms with Crippen molar-refractivity contribution in [2.75, 3.05) is 0 Å². The van der Waals surface area contributed by atoms with Crippen LogP contribution in [0.1, 0.15) is 20.8 Å². The van der Waals surface area contributed by atoms with E-state index in [1.165, 1.54) is 6.07 Å². The highest BCUT2D eigenvalue weighted by molar-refractivity contribution is 9.10. The van der Waals surface area contributed by atoms with Gasteiger partial charge >= 0.3 is 0 Å². The number of nitrogens with zero attached hydrogens (tertiary/aromatic N) is 1. The molecule has 120 valence electrons. The standard InChI is InChI=1S/C17H12BrN3O3/c18-13-8-6-12(7-9-13)16(22)19-20-17(23)14-10-15(24-21-14)11-4-2-1-3-5-11/h1-10H,(H,19,22)(H,20,23). The molecule has 1 heterocycles. The number of hydrogen-bond acceptors (Lipinski definition) is 4. The van der Waals surface area contributed by atoms with Gasteiger partial charge in [0.2, 0.25) is 0 Å². The second-order valence-electron chi connectivity index (χ2n) is 4.86. The monoisotopic (exact) mass is 385 g/mol. The van der Waals surface area contributed by atoms with Crippen molar-refractivity contribution in [2.24, 2.45) is 0 Å². The summed E-state index contributed by atoms with van der Waals surface area (Å²) in [6.07, 6.45) is 0. The van der Waals surface area contributed by atoms with Gasteiger partial charge in [0.15, 0.2) is 11.5 Å². The number of hydrazine groups is 1. The highest BCUT2D eigenvalue weighted by Gasteiger charge is 2.14. The summed E-state index contributed by atoms with van der Waals surface area (Å²) in [5.74, 6) is -0.519. The lowest BCUT2D eigenvalue weighted by Gasteiger charge is -2.05. The topological polar surface area (TPSA) is 84.2 Å². The fourth-order valence-corrected chi connectivity index (χ4v) is 2.24. The number of aromatic nitrogens is 1. The molecule has 7 heteroatoms. The van der Waals surface area contributed by atoms with E-state index in [2.05, 4.69) is 31.9 Å². The lowest BCUT2D eigenvalue weighted by molar-refractivity contribution is 0.0841. The van der Waals surface area contributed by atoms with Gasteiger partial charge in [-0.15, -0.1) is 0 Å². The maximum absolute atomic E-state index is 12.0. The van der Waals surface area contributed by atoms with Crippen LogP contribution in [0.25, 0.3) is 11.3 Å². The number of benzene rings is 2. The lowest BCUT2D eigenvalue weighted by Crippen LogP contribution is -2.41. The van der Waals surface area contributed by atoms with Crippen LogP contribution in [0.2, 0.25) is 0 Å². The van der Waals surface area contributed by atoms with Crippen molar-refractivity contribution < 1.29 is 14.1 Å². The number of carbonyl (C=O) groups is 2. The van der Waals surface area contributed by atoms with Gasteiger partial charge in [-0.2, -0.15) is 0 Å². The van der Waals surface area contributed by atoms with Crippen molar-refractivity contribution in [3.63, 3.8) is 0 Å². The van der Waals surface area contributed by atoms with E-state index in [4.69, 9.17) is 4.52 Å². The summed E-state index contributed by atoms with van der Waals surface area (Å²) < 4.78 is 6.01. The number of hydrogen-bond donors (Lipinski definition) is 2. The molecule has 0 fully saturated rings. The largest absolute Gasteiger partial charge is 0.355 e. The average Bonchev–Trinajstić information content (AvgIpc) is 3.11. The zero-order chi connectivity index (χ0) is 16.9. The summed E-state index contributed by atoms with van der Waals surface area (Å²) in [5.41, 5.74) is 5.94. The van der Waals surface area contributed by atoms with Gasteiger partial charge in [0.25, 0.3) is 11.8 Å². The molecule has 0 bridgehead atoms. The fraction of sp³-hybridized carbons (Fsp3) is 0. The average molecular weight is 386 g/mol. The number of carbonyl (C=O) groups excluding carboxylic acids is 2. The molecule has 24 heavy (non-hydrogen) atoms. The van der Waals surface area contributed by atoms with Crippen LogP contribution in [0.15, 0.2) is 69.7 Å². The van der Waals surface area contributed by atoms with Gasteiger partial charge in [0.1, 0.15) is 0 Å². The van der Waals surface area contributed by atoms with Crippen molar-refractivity contribution in [2.45, 2.75) is 0 Å². The molecule has 3 rings (SSSR count). The smallest absolute Gasteiger partial charge is 0.291 e. The second-order valence-corrected chi connectivity index (χ2v) is 5.77. The molecular formula is C17H12BrN3O3. The lowest BCUT2D eigenvalue weighted by atomic mass is 10.1. The van der Waals surface area contributed by atoms with Gasteiger partial charge in [0, 0.05) is 21.7 Å². The van der Waals surface area contributed by atoms with Crippen LogP contribution in [0, 0.1) is 0 Å². The minimum Gasteiger partial charge on any atom is -0.355 e. The molecule has 3 aromatic rings. The van der Waals surface area contributed by atoms with Gasteiger partial charge in [-0.1, -0.05) is 51.4 Å². The summed E-state index contributed by atoms with van der Waals surface area (Å²) in [6, 6.07) is 17.5. The number of nitrogens with one attached hydrogen (secondary N) is 2. The molecule has 0 aliphatic rings. The Labute approximate surface area is 146 Å². The molecular weight excluding hydrogens is 374 g/mol. The van der Waals surface area contributed by atoms with Gasteiger partial charge in [-0.3, -0.25) is 20.4 Å². The molecule has 0 spiro atoms. The maximum atomic E-state index is 12.0. The molecule has 0 saturated carbocycles. The van der Waals surface area contributed by atoms with Crippen LogP contribution in [0.5, 0.6) is 0 Å². The normalized spacial score (nSPS) is 10.2. The van der Waals surface area contributed by atoms with Crippen molar-refractivity contribution in [3.05, 3.63) is 76.4 Å². The van der Waals surface area contributed by atoms with Gasteiger partial charge < -0.3 is 4.52 Å². The molecule has 0 aliphatic carbocycles. The Morgan fingerprint density at radius 1 is 0.917 bits per heavy atom. The molecule has 2 aromatic carbocycles. The maximum Gasteiger partial charge on any atom is 0.291 e. The molecule has 0 unspecified atom stereocenters. The Hall–Kier alpha value is -2.93. The van der Waals surface area contributed by atoms with Crippen LogP contribution >= 0.6 is 15.9 Å². The van der Waals surface area contributed by atoms with E-state index in [0.717, 1.165) is 10.0 Å². The van der Waals surface area contributed by atoms with Crippen LogP contribution in [0.3, 0.4) is 0 Å². The Balaban J connectivity index is 1.62. The Morgan fingerprint density at radius 3 is 2.29 bits per heavy atom. The third-order valence-electron chi connectivity index (χ3n) is 3.20. The van der Waals surface area contributed by atoms with Crippen LogP contribution in [-0.2, 0) is 0 Å². The van der Waals surface area contributed by atoms with E-state index < -0.39 is 11.8 Å². The Kier molecular flexibility index (Phi) is 4.72. The molecule has 0 radical (unpaired) electrons. The molecule has 1 aromatic heterocycles. The quantitative estimate of drug-likeness (QED) is 0.678. The first-order valence-electron chi connectivity index (χ1n) is 7.02. The fourth-order valence-electron chi connectivity index (χ4n) is 1.97. The summed E-state index contributed by atoms with van der Waals surface area (Å²) in [7, 11) is 0. The highest BCUT2D eigenvalue weighted by Crippen LogP contribution is 2.19. The summed E-state index contributed by atoms with van der Waals surface area (Å²) in [6.45, 7) is 0. The second kappa shape index (κ2) is 7.10. The molecule has 0 aliphatic heterocycles. The van der Waals surface area contributed by atoms with Crippen molar-refractivity contribution in [1.82, 2.24) is 16.0 Å². The van der Waals surface area contributed by atoms with E-state index in [-0.39, 0.29) is 5.69 Å². The van der Waals surface area contributed by atoms with E-state index in [9.17, 15) is 9.59 Å². The first kappa shape index (κ1) is 15.9. The Morgan fingerprint density at radius 2 is 1.58 bits per heavy atom. The predicted octanol–water partition coefficient (Wildman–Crippen LogP) is 3.18. The molecule has 0 atom stereocenters. The number of amides is 2.